The van der Waals surface area contributed by atoms with Gasteiger partial charge in [0.1, 0.15) is 0 Å². The Bertz CT molecular complexity index is 249. The van der Waals surface area contributed by atoms with Gasteiger partial charge in [-0.2, -0.15) is 0 Å². The number of hydrogen-bond donors (Lipinski definition) is 0. The van der Waals surface area contributed by atoms with Crippen LogP contribution in [0, 0.1) is 0 Å². The predicted molar refractivity (Wildman–Crippen MR) is 38.4 cm³/mol. The van der Waals surface area contributed by atoms with Crippen LogP contribution in [0.1, 0.15) is 4.88 Å². The second-order valence-electron chi connectivity index (χ2n) is 1.74. The first-order valence-corrected chi connectivity index (χ1v) is 3.54. The highest BCUT2D eigenvalue weighted by atomic mass is 32.1. The Labute approximate surface area is 62.4 Å². The summed E-state index contributed by atoms with van der Waals surface area (Å²) in [5, 5.41) is 12.0. The highest BCUT2D eigenvalue weighted by Gasteiger charge is 1.98. The molecule has 0 aliphatic carbocycles. The molecule has 0 radical (unpaired) electrons. The molecule has 0 unspecified atom stereocenters. The van der Waals surface area contributed by atoms with Crippen molar-refractivity contribution in [2.75, 3.05) is 0 Å². The van der Waals surface area contributed by atoms with Crippen LogP contribution >= 0.6 is 11.3 Å². The summed E-state index contributed by atoms with van der Waals surface area (Å²) in [5.74, 6) is -1.21. The van der Waals surface area contributed by atoms with Crippen LogP contribution in [0.15, 0.2) is 24.1 Å². The summed E-state index contributed by atoms with van der Waals surface area (Å²) in [6.07, 6.45) is 0. The van der Waals surface area contributed by atoms with Crippen molar-refractivity contribution in [3.63, 3.8) is 0 Å². The Balaban J connectivity index is 2.88. The van der Waals surface area contributed by atoms with E-state index in [1.54, 1.807) is 17.5 Å². The summed E-state index contributed by atoms with van der Waals surface area (Å²) < 4.78 is 0. The smallest absolute Gasteiger partial charge is 0.0723 e. The molecule has 0 bridgehead atoms. The van der Waals surface area contributed by atoms with E-state index in [2.05, 4.69) is 6.58 Å². The number of hydrogen-bond acceptors (Lipinski definition) is 3. The molecule has 1 rings (SSSR count). The molecule has 0 saturated heterocycles. The zero-order valence-corrected chi connectivity index (χ0v) is 5.98. The fourth-order valence-corrected chi connectivity index (χ4v) is 1.24. The normalized spacial score (nSPS) is 9.20. The molecule has 2 nitrogen and oxygen atoms in total. The quantitative estimate of drug-likeness (QED) is 0.581. The number of carbonyl (C=O) groups is 1. The maximum atomic E-state index is 10.2. The molecule has 0 spiro atoms. The highest BCUT2D eigenvalue weighted by molar-refractivity contribution is 7.11. The average molecular weight is 153 g/mol. The molecule has 0 aliphatic rings. The average Bonchev–Trinajstić information content (AvgIpc) is 2.36. The molecule has 10 heavy (non-hydrogen) atoms. The third-order valence-electron chi connectivity index (χ3n) is 1.07. The largest absolute Gasteiger partial charge is 0.545 e. The van der Waals surface area contributed by atoms with E-state index in [0.29, 0.717) is 4.88 Å². The van der Waals surface area contributed by atoms with Gasteiger partial charge in [-0.3, -0.25) is 0 Å². The highest BCUT2D eigenvalue weighted by Crippen LogP contribution is 2.16. The van der Waals surface area contributed by atoms with E-state index in [4.69, 9.17) is 0 Å². The van der Waals surface area contributed by atoms with E-state index >= 15 is 0 Å². The summed E-state index contributed by atoms with van der Waals surface area (Å²) >= 11 is 1.34. The Morgan fingerprint density at radius 1 is 1.70 bits per heavy atom. The van der Waals surface area contributed by atoms with Gasteiger partial charge in [-0.25, -0.2) is 0 Å². The number of aliphatic carboxylic acids is 1. The maximum absolute atomic E-state index is 10.2. The van der Waals surface area contributed by atoms with Gasteiger partial charge >= 0.3 is 0 Å². The third-order valence-corrected chi connectivity index (χ3v) is 1.99. The minimum absolute atomic E-state index is 0.0509. The van der Waals surface area contributed by atoms with Gasteiger partial charge in [0.15, 0.2) is 0 Å². The zero-order valence-electron chi connectivity index (χ0n) is 5.16. The van der Waals surface area contributed by atoms with Crippen molar-refractivity contribution in [1.29, 1.82) is 0 Å². The van der Waals surface area contributed by atoms with Crippen molar-refractivity contribution >= 4 is 22.9 Å². The summed E-state index contributed by atoms with van der Waals surface area (Å²) in [6, 6.07) is 3.47. The van der Waals surface area contributed by atoms with Crippen LogP contribution in [-0.4, -0.2) is 5.97 Å². The molecular weight excluding hydrogens is 148 g/mol. The Kier molecular flexibility index (Phi) is 1.87. The number of thiophene rings is 1. The lowest BCUT2D eigenvalue weighted by Gasteiger charge is -2.01. The lowest BCUT2D eigenvalue weighted by molar-refractivity contribution is -0.295. The summed E-state index contributed by atoms with van der Waals surface area (Å²) in [7, 11) is 0. The van der Waals surface area contributed by atoms with Crippen molar-refractivity contribution in [2.24, 2.45) is 0 Å². The lowest BCUT2D eigenvalue weighted by Crippen LogP contribution is -2.22. The predicted octanol–water partition coefficient (Wildman–Crippen LogP) is 0.511. The molecule has 0 fully saturated rings. The fraction of sp³-hybridized carbons (Fsp3) is 0. The molecule has 1 aromatic rings. The van der Waals surface area contributed by atoms with Gasteiger partial charge in [0.25, 0.3) is 0 Å². The lowest BCUT2D eigenvalue weighted by atomic mass is 10.2. The second-order valence-corrected chi connectivity index (χ2v) is 2.69. The molecular formula is C7H5O2S-. The van der Waals surface area contributed by atoms with Crippen LogP contribution in [0.4, 0.5) is 0 Å². The third kappa shape index (κ3) is 1.25. The van der Waals surface area contributed by atoms with E-state index in [1.807, 2.05) is 0 Å². The van der Waals surface area contributed by atoms with Gasteiger partial charge in [0, 0.05) is 10.5 Å². The fourth-order valence-electron chi connectivity index (χ4n) is 0.551. The van der Waals surface area contributed by atoms with Crippen molar-refractivity contribution in [2.45, 2.75) is 0 Å². The molecule has 0 aromatic carbocycles. The van der Waals surface area contributed by atoms with E-state index in [0.717, 1.165) is 0 Å². The first kappa shape index (κ1) is 7.02. The van der Waals surface area contributed by atoms with Gasteiger partial charge in [-0.1, -0.05) is 12.6 Å². The van der Waals surface area contributed by atoms with Gasteiger partial charge in [0.05, 0.1) is 5.97 Å². The minimum atomic E-state index is -1.21. The van der Waals surface area contributed by atoms with Crippen molar-refractivity contribution in [1.82, 2.24) is 0 Å². The van der Waals surface area contributed by atoms with Gasteiger partial charge in [0.2, 0.25) is 0 Å². The summed E-state index contributed by atoms with van der Waals surface area (Å²) in [4.78, 5) is 10.8. The molecule has 0 amide bonds. The first-order valence-electron chi connectivity index (χ1n) is 2.66. The van der Waals surface area contributed by atoms with Crippen LogP contribution in [0.2, 0.25) is 0 Å². The summed E-state index contributed by atoms with van der Waals surface area (Å²) in [6.45, 7) is 3.35. The second kappa shape index (κ2) is 2.66. The van der Waals surface area contributed by atoms with Crippen molar-refractivity contribution in [3.8, 4) is 0 Å². The van der Waals surface area contributed by atoms with Gasteiger partial charge < -0.3 is 9.90 Å². The molecule has 1 aromatic heterocycles. The topological polar surface area (TPSA) is 40.1 Å². The van der Waals surface area contributed by atoms with Crippen LogP contribution < -0.4 is 5.11 Å². The van der Waals surface area contributed by atoms with Gasteiger partial charge in [-0.15, -0.1) is 11.3 Å². The Morgan fingerprint density at radius 2 is 2.40 bits per heavy atom. The van der Waals surface area contributed by atoms with Crippen LogP contribution in [0.3, 0.4) is 0 Å². The number of carboxylic acid groups (broad SMARTS) is 1. The van der Waals surface area contributed by atoms with E-state index in [-0.39, 0.29) is 5.57 Å². The summed E-state index contributed by atoms with van der Waals surface area (Å²) in [5.41, 5.74) is 0.0509. The van der Waals surface area contributed by atoms with Crippen LogP contribution in [0.25, 0.3) is 5.57 Å². The van der Waals surface area contributed by atoms with Crippen molar-refractivity contribution < 1.29 is 9.90 Å². The Hall–Kier alpha value is -1.09. The van der Waals surface area contributed by atoms with Crippen LogP contribution in [0.5, 0.6) is 0 Å². The minimum Gasteiger partial charge on any atom is -0.545 e. The molecule has 0 N–H and O–H groups in total. The van der Waals surface area contributed by atoms with Crippen molar-refractivity contribution in [3.05, 3.63) is 29.0 Å². The zero-order chi connectivity index (χ0) is 7.56. The molecule has 1 heterocycles. The molecule has 0 saturated carbocycles. The molecule has 0 aliphatic heterocycles. The van der Waals surface area contributed by atoms with E-state index in [9.17, 15) is 9.90 Å². The number of carbonyl (C=O) groups excluding carboxylic acids is 1. The number of carboxylic acids is 1. The molecule has 3 heteroatoms. The van der Waals surface area contributed by atoms with E-state index < -0.39 is 5.97 Å². The van der Waals surface area contributed by atoms with Crippen LogP contribution in [-0.2, 0) is 4.79 Å². The molecule has 52 valence electrons. The monoisotopic (exact) mass is 153 g/mol. The van der Waals surface area contributed by atoms with E-state index in [1.165, 1.54) is 11.3 Å². The SMILES string of the molecule is C=C(C(=O)[O-])c1cccs1. The van der Waals surface area contributed by atoms with Gasteiger partial charge in [-0.05, 0) is 11.4 Å². The first-order chi connectivity index (χ1) is 4.72. The molecule has 0 atom stereocenters. The maximum Gasteiger partial charge on any atom is 0.0723 e. The number of rotatable bonds is 2. The standard InChI is InChI=1S/C7H6O2S/c1-5(7(8)9)6-3-2-4-10-6/h2-4H,1H2,(H,8,9)/p-1. The Morgan fingerprint density at radius 3 is 2.80 bits per heavy atom.